The third-order valence-electron chi connectivity index (χ3n) is 3.50. The van der Waals surface area contributed by atoms with Gasteiger partial charge in [0.05, 0.1) is 11.0 Å². The Kier molecular flexibility index (Phi) is 5.93. The van der Waals surface area contributed by atoms with Crippen molar-refractivity contribution >= 4 is 9.84 Å². The van der Waals surface area contributed by atoms with Crippen LogP contribution in [0.2, 0.25) is 0 Å². The van der Waals surface area contributed by atoms with E-state index in [9.17, 15) is 8.42 Å². The molecule has 4 heteroatoms. The Labute approximate surface area is 106 Å². The molecule has 1 aliphatic rings. The van der Waals surface area contributed by atoms with Gasteiger partial charge in [-0.25, -0.2) is 8.42 Å². The number of hydrogen-bond donors (Lipinski definition) is 1. The van der Waals surface area contributed by atoms with Crippen LogP contribution < -0.4 is 5.32 Å². The lowest BCUT2D eigenvalue weighted by Crippen LogP contribution is -2.27. The minimum atomic E-state index is -2.86. The van der Waals surface area contributed by atoms with Crippen LogP contribution in [-0.4, -0.2) is 32.0 Å². The van der Waals surface area contributed by atoms with Crippen molar-refractivity contribution in [3.63, 3.8) is 0 Å². The molecule has 1 rings (SSSR count). The third-order valence-corrected chi connectivity index (χ3v) is 5.74. The summed E-state index contributed by atoms with van der Waals surface area (Å²) in [6.45, 7) is 6.70. The minimum Gasteiger partial charge on any atom is -0.314 e. The molecule has 102 valence electrons. The summed E-state index contributed by atoms with van der Waals surface area (Å²) in [6.07, 6.45) is 5.67. The second kappa shape index (κ2) is 6.74. The highest BCUT2D eigenvalue weighted by Crippen LogP contribution is 2.20. The van der Waals surface area contributed by atoms with E-state index in [1.54, 1.807) is 13.8 Å². The van der Waals surface area contributed by atoms with Gasteiger partial charge in [0.1, 0.15) is 0 Å². The van der Waals surface area contributed by atoms with E-state index >= 15 is 0 Å². The monoisotopic (exact) mass is 261 g/mol. The number of nitrogens with one attached hydrogen (secondary N) is 1. The second-order valence-electron chi connectivity index (χ2n) is 5.54. The van der Waals surface area contributed by atoms with E-state index in [-0.39, 0.29) is 5.25 Å². The first-order valence-electron chi connectivity index (χ1n) is 6.90. The van der Waals surface area contributed by atoms with E-state index in [0.717, 1.165) is 31.8 Å². The summed E-state index contributed by atoms with van der Waals surface area (Å²) in [6, 6.07) is 0.719. The predicted molar refractivity (Wildman–Crippen MR) is 73.0 cm³/mol. The quantitative estimate of drug-likeness (QED) is 0.693. The fourth-order valence-electron chi connectivity index (χ4n) is 1.94. The van der Waals surface area contributed by atoms with Crippen molar-refractivity contribution in [3.8, 4) is 0 Å². The Hall–Kier alpha value is -0.0900. The Morgan fingerprint density at radius 2 is 1.88 bits per heavy atom. The molecular formula is C13H27NO2S. The molecule has 1 fully saturated rings. The molecule has 1 unspecified atom stereocenters. The van der Waals surface area contributed by atoms with Crippen molar-refractivity contribution in [1.29, 1.82) is 0 Å². The molecule has 0 radical (unpaired) electrons. The summed E-state index contributed by atoms with van der Waals surface area (Å²) in [7, 11) is -2.86. The summed E-state index contributed by atoms with van der Waals surface area (Å²) >= 11 is 0. The van der Waals surface area contributed by atoms with E-state index in [0.29, 0.717) is 11.7 Å². The Balaban J connectivity index is 2.31. The molecule has 1 atom stereocenters. The maximum Gasteiger partial charge on any atom is 0.152 e. The zero-order chi connectivity index (χ0) is 12.9. The van der Waals surface area contributed by atoms with Gasteiger partial charge >= 0.3 is 0 Å². The molecule has 0 aromatic heterocycles. The van der Waals surface area contributed by atoms with E-state index in [2.05, 4.69) is 12.2 Å². The zero-order valence-electron chi connectivity index (χ0n) is 11.4. The first-order chi connectivity index (χ1) is 7.95. The van der Waals surface area contributed by atoms with Crippen molar-refractivity contribution in [2.45, 2.75) is 64.2 Å². The van der Waals surface area contributed by atoms with Crippen LogP contribution in [0.4, 0.5) is 0 Å². The molecule has 0 spiro atoms. The molecule has 1 saturated carbocycles. The Morgan fingerprint density at radius 3 is 2.35 bits per heavy atom. The number of sulfone groups is 1. The highest BCUT2D eigenvalue weighted by molar-refractivity contribution is 7.91. The van der Waals surface area contributed by atoms with E-state index in [4.69, 9.17) is 0 Å². The van der Waals surface area contributed by atoms with Gasteiger partial charge < -0.3 is 5.32 Å². The van der Waals surface area contributed by atoms with Crippen LogP contribution in [0.3, 0.4) is 0 Å². The van der Waals surface area contributed by atoms with Crippen molar-refractivity contribution < 1.29 is 8.42 Å². The number of hydrogen-bond acceptors (Lipinski definition) is 3. The molecule has 0 amide bonds. The lowest BCUT2D eigenvalue weighted by atomic mass is 10.0. The van der Waals surface area contributed by atoms with Crippen molar-refractivity contribution in [3.05, 3.63) is 0 Å². The Bertz CT molecular complexity index is 307. The summed E-state index contributed by atoms with van der Waals surface area (Å²) in [5, 5.41) is 3.28. The molecule has 17 heavy (non-hydrogen) atoms. The van der Waals surface area contributed by atoms with Gasteiger partial charge in [-0.15, -0.1) is 0 Å². The largest absolute Gasteiger partial charge is 0.314 e. The van der Waals surface area contributed by atoms with Crippen LogP contribution in [0.5, 0.6) is 0 Å². The SMILES string of the molecule is CCCC(CCS(=O)(=O)C(C)C)CNC1CC1. The average Bonchev–Trinajstić information content (AvgIpc) is 3.06. The standard InChI is InChI=1S/C13H27NO2S/c1-4-5-12(10-14-13-6-7-13)8-9-17(15,16)11(2)3/h11-14H,4-10H2,1-3H3. The van der Waals surface area contributed by atoms with Gasteiger partial charge in [-0.3, -0.25) is 0 Å². The van der Waals surface area contributed by atoms with Gasteiger partial charge in [-0.05, 0) is 52.0 Å². The van der Waals surface area contributed by atoms with E-state index < -0.39 is 9.84 Å². The lowest BCUT2D eigenvalue weighted by Gasteiger charge is -2.17. The average molecular weight is 261 g/mol. The fraction of sp³-hybridized carbons (Fsp3) is 1.00. The van der Waals surface area contributed by atoms with Crippen molar-refractivity contribution in [2.24, 2.45) is 5.92 Å². The summed E-state index contributed by atoms with van der Waals surface area (Å²) in [4.78, 5) is 0. The van der Waals surface area contributed by atoms with Gasteiger partial charge in [0.25, 0.3) is 0 Å². The molecular weight excluding hydrogens is 234 g/mol. The molecule has 0 aliphatic heterocycles. The zero-order valence-corrected chi connectivity index (χ0v) is 12.2. The summed E-state index contributed by atoms with van der Waals surface area (Å²) < 4.78 is 23.5. The van der Waals surface area contributed by atoms with Crippen LogP contribution >= 0.6 is 0 Å². The van der Waals surface area contributed by atoms with Crippen LogP contribution in [0, 0.1) is 5.92 Å². The lowest BCUT2D eigenvalue weighted by molar-refractivity contribution is 0.426. The first kappa shape index (κ1) is 15.0. The van der Waals surface area contributed by atoms with Gasteiger partial charge in [-0.2, -0.15) is 0 Å². The molecule has 0 aromatic rings. The molecule has 3 nitrogen and oxygen atoms in total. The molecule has 0 bridgehead atoms. The maximum atomic E-state index is 11.8. The van der Waals surface area contributed by atoms with E-state index in [1.165, 1.54) is 12.8 Å². The molecule has 1 N–H and O–H groups in total. The minimum absolute atomic E-state index is 0.235. The molecule has 0 aromatic carbocycles. The van der Waals surface area contributed by atoms with Crippen molar-refractivity contribution in [1.82, 2.24) is 5.32 Å². The third kappa shape index (κ3) is 5.87. The molecule has 0 saturated heterocycles. The second-order valence-corrected chi connectivity index (χ2v) is 8.22. The van der Waals surface area contributed by atoms with Crippen LogP contribution in [0.15, 0.2) is 0 Å². The van der Waals surface area contributed by atoms with Gasteiger partial charge in [0.15, 0.2) is 9.84 Å². The topological polar surface area (TPSA) is 46.2 Å². The highest BCUT2D eigenvalue weighted by atomic mass is 32.2. The fourth-order valence-corrected chi connectivity index (χ4v) is 3.08. The summed E-state index contributed by atoms with van der Waals surface area (Å²) in [5.74, 6) is 0.871. The van der Waals surface area contributed by atoms with Crippen molar-refractivity contribution in [2.75, 3.05) is 12.3 Å². The summed E-state index contributed by atoms with van der Waals surface area (Å²) in [5.41, 5.74) is 0. The molecule has 0 heterocycles. The van der Waals surface area contributed by atoms with Crippen LogP contribution in [0.1, 0.15) is 52.9 Å². The van der Waals surface area contributed by atoms with Gasteiger partial charge in [-0.1, -0.05) is 13.3 Å². The van der Waals surface area contributed by atoms with Gasteiger partial charge in [0, 0.05) is 6.04 Å². The normalized spacial score (nSPS) is 18.6. The predicted octanol–water partition coefficient (Wildman–Crippen LogP) is 2.37. The van der Waals surface area contributed by atoms with E-state index in [1.807, 2.05) is 0 Å². The molecule has 1 aliphatic carbocycles. The smallest absolute Gasteiger partial charge is 0.152 e. The number of rotatable bonds is 9. The van der Waals surface area contributed by atoms with Crippen LogP contribution in [-0.2, 0) is 9.84 Å². The maximum absolute atomic E-state index is 11.8. The van der Waals surface area contributed by atoms with Gasteiger partial charge in [0.2, 0.25) is 0 Å². The Morgan fingerprint density at radius 1 is 1.24 bits per heavy atom. The highest BCUT2D eigenvalue weighted by Gasteiger charge is 2.23. The first-order valence-corrected chi connectivity index (χ1v) is 8.62. The van der Waals surface area contributed by atoms with Crippen LogP contribution in [0.25, 0.3) is 0 Å².